The van der Waals surface area contributed by atoms with E-state index in [2.05, 4.69) is 139 Å². The van der Waals surface area contributed by atoms with Gasteiger partial charge in [-0.25, -0.2) is 4.98 Å². The number of nitrogens with zero attached hydrogens (tertiary/aromatic N) is 4. The van der Waals surface area contributed by atoms with Crippen LogP contribution in [0, 0.1) is 12.2 Å². The van der Waals surface area contributed by atoms with Crippen LogP contribution in [0.2, 0.25) is 0 Å². The summed E-state index contributed by atoms with van der Waals surface area (Å²) < 4.78 is 67.2. The van der Waals surface area contributed by atoms with E-state index in [9.17, 15) is 4.11 Å². The number of hydrogen-bond acceptors (Lipinski definition) is 2. The van der Waals surface area contributed by atoms with Crippen molar-refractivity contribution in [1.29, 1.82) is 0 Å². The topological polar surface area (TPSA) is 35.9 Å². The number of hydrogen-bond donors (Lipinski definition) is 0. The van der Waals surface area contributed by atoms with Crippen LogP contribution in [-0.4, -0.2) is 14.1 Å². The van der Waals surface area contributed by atoms with Gasteiger partial charge in [-0.05, 0) is 127 Å². The van der Waals surface area contributed by atoms with Crippen molar-refractivity contribution >= 4 is 32.8 Å². The molecule has 1 atom stereocenters. The Labute approximate surface area is 433 Å². The van der Waals surface area contributed by atoms with Gasteiger partial charge in [-0.15, -0.1) is 0 Å². The van der Waals surface area contributed by atoms with Gasteiger partial charge in [-0.3, -0.25) is 13.7 Å². The van der Waals surface area contributed by atoms with Crippen LogP contribution in [0.3, 0.4) is 0 Å². The van der Waals surface area contributed by atoms with Gasteiger partial charge in [0.05, 0.1) is 40.3 Å². The Bertz CT molecular complexity index is 4100. The summed E-state index contributed by atoms with van der Waals surface area (Å²) in [4.78, 5) is 4.86. The summed E-state index contributed by atoms with van der Waals surface area (Å²) in [6, 6.07) is 53.5. The third-order valence-corrected chi connectivity index (χ3v) is 14.0. The molecule has 0 N–H and O–H groups in total. The van der Waals surface area contributed by atoms with Crippen molar-refractivity contribution in [1.82, 2.24) is 14.1 Å². The highest BCUT2D eigenvalue weighted by molar-refractivity contribution is 6.09. The molecule has 72 heavy (non-hydrogen) atoms. The maximum Gasteiger partial charge on any atom is 0.269 e. The van der Waals surface area contributed by atoms with Gasteiger partial charge < -0.3 is 4.74 Å². The summed E-state index contributed by atoms with van der Waals surface area (Å²) >= 11 is 0. The van der Waals surface area contributed by atoms with Crippen molar-refractivity contribution in [2.75, 3.05) is 0 Å². The third-order valence-electron chi connectivity index (χ3n) is 14.0. The number of pyridine rings is 1. The van der Waals surface area contributed by atoms with Crippen LogP contribution in [-0.2, 0) is 10.8 Å². The first-order chi connectivity index (χ1) is 37.1. The van der Waals surface area contributed by atoms with Crippen molar-refractivity contribution in [2.24, 2.45) is 5.92 Å². The smallest absolute Gasteiger partial charge is 0.269 e. The minimum Gasteiger partial charge on any atom is -0.458 e. The molecule has 5 nitrogen and oxygen atoms in total. The van der Waals surface area contributed by atoms with Gasteiger partial charge in [-0.1, -0.05) is 196 Å². The van der Waals surface area contributed by atoms with E-state index < -0.39 is 24.0 Å². The first-order valence-electron chi connectivity index (χ1n) is 27.8. The molecule has 0 aliphatic heterocycles. The van der Waals surface area contributed by atoms with Gasteiger partial charge in [0, 0.05) is 24.4 Å². The van der Waals surface area contributed by atoms with Crippen LogP contribution in [0.15, 0.2) is 200 Å². The molecule has 0 saturated carbocycles. The summed E-state index contributed by atoms with van der Waals surface area (Å²) in [5.74, 6) is 1.22. The van der Waals surface area contributed by atoms with E-state index in [0.29, 0.717) is 22.7 Å². The Morgan fingerprint density at radius 2 is 1.25 bits per heavy atom. The minimum atomic E-state index is -0.814. The van der Waals surface area contributed by atoms with E-state index in [1.54, 1.807) is 6.20 Å². The SMILES string of the molecule is [2H]c1c([2H])c([2H])c(-c2cccc(-c3cc(C(C)(C)C)cc(C(C)(C)C)c3)c2-[n+]2[c-]n(-c3cccc(Oc4ccc5c6ccccc6n(-c6cc(C([2H])(C)C(C)C)ccn6)c5c4)c3)c3ccc(-c4ccccc4)cc32)c([2H])c1[2H]. The Balaban J connectivity index is 1.12. The van der Waals surface area contributed by atoms with Crippen molar-refractivity contribution in [3.05, 3.63) is 223 Å². The quantitative estimate of drug-likeness (QED) is 0.101. The lowest BCUT2D eigenvalue weighted by Crippen LogP contribution is -2.31. The van der Waals surface area contributed by atoms with Crippen molar-refractivity contribution in [3.8, 4) is 62.1 Å². The molecule has 3 aromatic heterocycles. The Morgan fingerprint density at radius 1 is 0.569 bits per heavy atom. The Hall–Kier alpha value is -8.02. The summed E-state index contributed by atoms with van der Waals surface area (Å²) in [7, 11) is 0. The normalized spacial score (nSPS) is 14.2. The third kappa shape index (κ3) is 8.68. The van der Waals surface area contributed by atoms with E-state index in [0.717, 1.165) is 83.3 Å². The maximum atomic E-state index is 9.35. The van der Waals surface area contributed by atoms with Crippen LogP contribution in [0.25, 0.3) is 83.4 Å². The molecule has 8 aromatic carbocycles. The van der Waals surface area contributed by atoms with Gasteiger partial charge in [0.1, 0.15) is 17.3 Å². The number of ether oxygens (including phenoxy) is 1. The standard InChI is InChI=1S/C67H62N4O/c1-44(2)45(3)48-34-35-68-64(39-48)71-60-29-17-16-26-58(60)59-32-31-55(42-62(59)71)72-54-25-18-24-53(41-54)69-43-70(63-38-49(30-33-61(63)69)46-20-12-10-13-21-46)65-56(47-22-14-11-15-23-47)27-19-28-57(65)50-36-51(66(4,5)6)40-52(37-50)67(7,8)9/h10-42,44-45H,1-9H3/i11D,14D,15D,22D,23D,45D. The molecule has 1 unspecified atom stereocenters. The lowest BCUT2D eigenvalue weighted by Gasteiger charge is -2.27. The molecule has 0 bridgehead atoms. The first-order valence-corrected chi connectivity index (χ1v) is 24.8. The lowest BCUT2D eigenvalue weighted by molar-refractivity contribution is -0.571. The highest BCUT2D eigenvalue weighted by Crippen LogP contribution is 2.41. The molecule has 0 aliphatic carbocycles. The second kappa shape index (κ2) is 18.3. The Kier molecular flexibility index (Phi) is 10.1. The number of para-hydroxylation sites is 2. The second-order valence-electron chi connectivity index (χ2n) is 21.2. The molecule has 0 amide bonds. The monoisotopic (exact) mass is 945 g/mol. The summed E-state index contributed by atoms with van der Waals surface area (Å²) in [5, 5.41) is 2.13. The molecular formula is C67H62N4O. The average Bonchev–Trinajstić information content (AvgIpc) is 4.19. The predicted octanol–water partition coefficient (Wildman–Crippen LogP) is 17.3. The fourth-order valence-electron chi connectivity index (χ4n) is 9.73. The van der Waals surface area contributed by atoms with Gasteiger partial charge in [0.25, 0.3) is 6.33 Å². The molecule has 5 heteroatoms. The highest BCUT2D eigenvalue weighted by atomic mass is 16.5. The summed E-state index contributed by atoms with van der Waals surface area (Å²) in [6.45, 7) is 19.3. The van der Waals surface area contributed by atoms with Gasteiger partial charge >= 0.3 is 0 Å². The van der Waals surface area contributed by atoms with E-state index in [-0.39, 0.29) is 34.4 Å². The largest absolute Gasteiger partial charge is 0.458 e. The fraction of sp³-hybridized carbons (Fsp3) is 0.194. The molecule has 356 valence electrons. The van der Waals surface area contributed by atoms with Crippen LogP contribution >= 0.6 is 0 Å². The summed E-state index contributed by atoms with van der Waals surface area (Å²) in [5.41, 5.74) is 11.9. The predicted molar refractivity (Wildman–Crippen MR) is 299 cm³/mol. The zero-order valence-electron chi connectivity index (χ0n) is 48.4. The number of aromatic nitrogens is 4. The van der Waals surface area contributed by atoms with Gasteiger partial charge in [0.2, 0.25) is 0 Å². The molecule has 3 heterocycles. The molecule has 11 rings (SSSR count). The lowest BCUT2D eigenvalue weighted by atomic mass is 9.78. The van der Waals surface area contributed by atoms with Crippen LogP contribution in [0.5, 0.6) is 11.5 Å². The van der Waals surface area contributed by atoms with Crippen molar-refractivity contribution < 1.29 is 17.5 Å². The minimum absolute atomic E-state index is 0.0869. The molecule has 0 aliphatic rings. The molecule has 0 spiro atoms. The maximum absolute atomic E-state index is 9.35. The number of benzene rings is 8. The van der Waals surface area contributed by atoms with Crippen molar-refractivity contribution in [3.63, 3.8) is 0 Å². The van der Waals surface area contributed by atoms with E-state index >= 15 is 0 Å². The van der Waals surface area contributed by atoms with E-state index in [4.69, 9.17) is 13.8 Å². The van der Waals surface area contributed by atoms with Crippen LogP contribution in [0.1, 0.15) is 93.1 Å². The molecular weight excluding hydrogens is 877 g/mol. The zero-order chi connectivity index (χ0) is 55.2. The van der Waals surface area contributed by atoms with Crippen LogP contribution < -0.4 is 9.30 Å². The fourth-order valence-corrected chi connectivity index (χ4v) is 9.73. The van der Waals surface area contributed by atoms with Gasteiger partial charge in [0.15, 0.2) is 0 Å². The van der Waals surface area contributed by atoms with Crippen molar-refractivity contribution in [2.45, 2.75) is 79.0 Å². The van der Waals surface area contributed by atoms with Crippen LogP contribution in [0.4, 0.5) is 0 Å². The molecule has 0 radical (unpaired) electrons. The van der Waals surface area contributed by atoms with E-state index in [1.165, 1.54) is 0 Å². The number of fused-ring (bicyclic) bond motifs is 4. The summed E-state index contributed by atoms with van der Waals surface area (Å²) in [6.07, 6.45) is 5.56. The molecule has 11 aromatic rings. The Morgan fingerprint density at radius 3 is 1.99 bits per heavy atom. The molecule has 0 fully saturated rings. The average molecular weight is 945 g/mol. The zero-order valence-corrected chi connectivity index (χ0v) is 42.4. The number of rotatable bonds is 10. The number of imidazole rings is 1. The highest BCUT2D eigenvalue weighted by Gasteiger charge is 2.25. The van der Waals surface area contributed by atoms with Gasteiger partial charge in [-0.2, -0.15) is 0 Å². The second-order valence-corrected chi connectivity index (χ2v) is 21.2. The first kappa shape index (κ1) is 39.7. The molecule has 0 saturated heterocycles. The van der Waals surface area contributed by atoms with E-state index in [1.807, 2.05) is 107 Å².